The lowest BCUT2D eigenvalue weighted by atomic mass is 10.2. The van der Waals surface area contributed by atoms with E-state index in [-0.39, 0.29) is 5.69 Å². The molecule has 84 valence electrons. The molecule has 0 amide bonds. The number of carbonyl (C=O) groups is 1. The monoisotopic (exact) mass is 222 g/mol. The predicted molar refractivity (Wildman–Crippen MR) is 58.3 cm³/mol. The first-order valence-corrected chi connectivity index (χ1v) is 4.42. The maximum atomic E-state index is 10.5. The van der Waals surface area contributed by atoms with Crippen molar-refractivity contribution < 1.29 is 14.8 Å². The first kappa shape index (κ1) is 11.7. The molecular formula is C10H10N2O4. The van der Waals surface area contributed by atoms with Gasteiger partial charge in [0, 0.05) is 24.6 Å². The number of nitro groups is 1. The lowest BCUT2D eigenvalue weighted by Gasteiger charge is -1.91. The molecule has 16 heavy (non-hydrogen) atoms. The molecule has 2 N–H and O–H groups in total. The van der Waals surface area contributed by atoms with Gasteiger partial charge >= 0.3 is 0 Å². The van der Waals surface area contributed by atoms with Crippen molar-refractivity contribution in [3.05, 3.63) is 40.6 Å². The van der Waals surface area contributed by atoms with E-state index < -0.39 is 10.9 Å². The number of rotatable bonds is 1. The normalized spacial score (nSPS) is 9.31. The van der Waals surface area contributed by atoms with Crippen molar-refractivity contribution in [2.24, 2.45) is 0 Å². The zero-order valence-corrected chi connectivity index (χ0v) is 8.51. The van der Waals surface area contributed by atoms with E-state index in [4.69, 9.17) is 9.90 Å². The number of benzene rings is 1. The van der Waals surface area contributed by atoms with Gasteiger partial charge in [-0.05, 0) is 6.07 Å². The lowest BCUT2D eigenvalue weighted by molar-refractivity contribution is -0.383. The number of carboxylic acids is 1. The van der Waals surface area contributed by atoms with Crippen molar-refractivity contribution in [2.75, 3.05) is 0 Å². The summed E-state index contributed by atoms with van der Waals surface area (Å²) >= 11 is 0. The molecule has 0 radical (unpaired) electrons. The van der Waals surface area contributed by atoms with Crippen LogP contribution in [0.1, 0.15) is 6.92 Å². The third kappa shape index (κ3) is 2.81. The molecule has 0 atom stereocenters. The van der Waals surface area contributed by atoms with Crippen LogP contribution in [-0.2, 0) is 4.79 Å². The third-order valence-corrected chi connectivity index (χ3v) is 1.76. The average molecular weight is 222 g/mol. The van der Waals surface area contributed by atoms with E-state index in [1.807, 2.05) is 12.1 Å². The number of para-hydroxylation sites is 1. The van der Waals surface area contributed by atoms with Crippen molar-refractivity contribution in [2.45, 2.75) is 6.92 Å². The fourth-order valence-electron chi connectivity index (χ4n) is 1.22. The van der Waals surface area contributed by atoms with Crippen LogP contribution in [0, 0.1) is 10.1 Å². The Kier molecular flexibility index (Phi) is 3.60. The minimum Gasteiger partial charge on any atom is -0.481 e. The van der Waals surface area contributed by atoms with Crippen LogP contribution in [0.15, 0.2) is 30.5 Å². The second-order valence-corrected chi connectivity index (χ2v) is 3.00. The van der Waals surface area contributed by atoms with E-state index in [1.54, 1.807) is 12.3 Å². The summed E-state index contributed by atoms with van der Waals surface area (Å²) in [5.41, 5.74) is 0.708. The summed E-state index contributed by atoms with van der Waals surface area (Å²) < 4.78 is 0. The Morgan fingerprint density at radius 2 is 2.06 bits per heavy atom. The molecule has 1 aromatic heterocycles. The topological polar surface area (TPSA) is 96.2 Å². The van der Waals surface area contributed by atoms with Gasteiger partial charge in [-0.25, -0.2) is 0 Å². The van der Waals surface area contributed by atoms with Crippen LogP contribution in [0.25, 0.3) is 10.9 Å². The van der Waals surface area contributed by atoms with Crippen molar-refractivity contribution in [1.29, 1.82) is 0 Å². The third-order valence-electron chi connectivity index (χ3n) is 1.76. The minimum atomic E-state index is -0.833. The summed E-state index contributed by atoms with van der Waals surface area (Å²) in [7, 11) is 0. The predicted octanol–water partition coefficient (Wildman–Crippen LogP) is 2.17. The van der Waals surface area contributed by atoms with Crippen molar-refractivity contribution in [3.63, 3.8) is 0 Å². The van der Waals surface area contributed by atoms with Crippen molar-refractivity contribution in [1.82, 2.24) is 4.98 Å². The van der Waals surface area contributed by atoms with E-state index >= 15 is 0 Å². The molecule has 2 rings (SSSR count). The van der Waals surface area contributed by atoms with Gasteiger partial charge in [0.2, 0.25) is 0 Å². The Bertz CT molecular complexity index is 514. The number of hydrogen-bond acceptors (Lipinski definition) is 3. The number of aromatic nitrogens is 1. The summed E-state index contributed by atoms with van der Waals surface area (Å²) in [6, 6.07) is 6.80. The molecule has 1 heterocycles. The Labute approximate surface area is 90.7 Å². The maximum absolute atomic E-state index is 10.5. The Hall–Kier alpha value is -2.37. The van der Waals surface area contributed by atoms with E-state index in [2.05, 4.69) is 4.98 Å². The van der Waals surface area contributed by atoms with E-state index in [9.17, 15) is 10.1 Å². The largest absolute Gasteiger partial charge is 0.481 e. The first-order chi connectivity index (χ1) is 7.52. The number of nitrogens with one attached hydrogen (secondary N) is 1. The lowest BCUT2D eigenvalue weighted by Crippen LogP contribution is -1.88. The average Bonchev–Trinajstić information content (AvgIpc) is 2.63. The molecule has 1 aromatic carbocycles. The summed E-state index contributed by atoms with van der Waals surface area (Å²) in [5, 5.41) is 18.8. The molecule has 0 aliphatic rings. The smallest absolute Gasteiger partial charge is 0.300 e. The number of non-ortho nitro benzene ring substituents is 1. The second kappa shape index (κ2) is 4.92. The minimum absolute atomic E-state index is 0.123. The van der Waals surface area contributed by atoms with Crippen LogP contribution < -0.4 is 0 Å². The molecule has 0 spiro atoms. The van der Waals surface area contributed by atoms with Gasteiger partial charge in [0.05, 0.1) is 4.92 Å². The Balaban J connectivity index is 0.000000280. The number of fused-ring (bicyclic) bond motifs is 1. The molecule has 6 heteroatoms. The maximum Gasteiger partial charge on any atom is 0.300 e. The zero-order chi connectivity index (χ0) is 12.1. The van der Waals surface area contributed by atoms with E-state index in [1.165, 1.54) is 6.07 Å². The van der Waals surface area contributed by atoms with Crippen molar-refractivity contribution in [3.8, 4) is 0 Å². The van der Waals surface area contributed by atoms with Crippen LogP contribution in [0.3, 0.4) is 0 Å². The van der Waals surface area contributed by atoms with Gasteiger partial charge in [-0.1, -0.05) is 12.1 Å². The molecule has 2 aromatic rings. The highest BCUT2D eigenvalue weighted by Crippen LogP contribution is 2.22. The van der Waals surface area contributed by atoms with Gasteiger partial charge in [0.15, 0.2) is 0 Å². The van der Waals surface area contributed by atoms with Crippen LogP contribution in [0.4, 0.5) is 5.69 Å². The summed E-state index contributed by atoms with van der Waals surface area (Å²) in [6.07, 6.45) is 1.69. The highest BCUT2D eigenvalue weighted by atomic mass is 16.6. The van der Waals surface area contributed by atoms with Crippen LogP contribution in [-0.4, -0.2) is 21.0 Å². The van der Waals surface area contributed by atoms with Crippen LogP contribution in [0.2, 0.25) is 0 Å². The number of nitro benzene ring substituents is 1. The molecule has 0 aliphatic heterocycles. The Morgan fingerprint density at radius 1 is 1.44 bits per heavy atom. The van der Waals surface area contributed by atoms with E-state index in [0.29, 0.717) is 5.52 Å². The van der Waals surface area contributed by atoms with E-state index in [0.717, 1.165) is 12.3 Å². The summed E-state index contributed by atoms with van der Waals surface area (Å²) in [6.45, 7) is 1.08. The highest BCUT2D eigenvalue weighted by Gasteiger charge is 2.10. The fourth-order valence-corrected chi connectivity index (χ4v) is 1.22. The number of aliphatic carboxylic acids is 1. The Morgan fingerprint density at radius 3 is 2.62 bits per heavy atom. The molecule has 0 unspecified atom stereocenters. The molecule has 0 aliphatic carbocycles. The molecule has 0 fully saturated rings. The molecule has 0 saturated heterocycles. The number of carboxylic acid groups (broad SMARTS) is 1. The number of nitrogens with zero attached hydrogens (tertiary/aromatic N) is 1. The summed E-state index contributed by atoms with van der Waals surface area (Å²) in [4.78, 5) is 21.9. The SMILES string of the molecule is CC(=O)O.O=[N+]([O-])c1cccc2cc[nH]c12. The number of aromatic amines is 1. The zero-order valence-electron chi connectivity index (χ0n) is 8.51. The van der Waals surface area contributed by atoms with Gasteiger partial charge in [-0.15, -0.1) is 0 Å². The quantitative estimate of drug-likeness (QED) is 0.570. The van der Waals surface area contributed by atoms with Gasteiger partial charge in [-0.3, -0.25) is 14.9 Å². The standard InChI is InChI=1S/C8H6N2O2.C2H4O2/c11-10(12)7-3-1-2-6-4-5-9-8(6)7;1-2(3)4/h1-5,9H;1H3,(H,3,4). The molecular weight excluding hydrogens is 212 g/mol. The van der Waals surface area contributed by atoms with Crippen molar-refractivity contribution >= 4 is 22.6 Å². The van der Waals surface area contributed by atoms with Gasteiger partial charge in [0.1, 0.15) is 5.52 Å². The second-order valence-electron chi connectivity index (χ2n) is 3.00. The highest BCUT2D eigenvalue weighted by molar-refractivity contribution is 5.87. The number of hydrogen-bond donors (Lipinski definition) is 2. The van der Waals surface area contributed by atoms with Crippen LogP contribution in [0.5, 0.6) is 0 Å². The molecule has 0 bridgehead atoms. The van der Waals surface area contributed by atoms with Gasteiger partial charge in [-0.2, -0.15) is 0 Å². The van der Waals surface area contributed by atoms with Gasteiger partial charge in [0.25, 0.3) is 11.7 Å². The number of H-pyrrole nitrogens is 1. The summed E-state index contributed by atoms with van der Waals surface area (Å²) in [5.74, 6) is -0.833. The molecule has 0 saturated carbocycles. The first-order valence-electron chi connectivity index (χ1n) is 4.42. The van der Waals surface area contributed by atoms with Gasteiger partial charge < -0.3 is 10.1 Å². The molecule has 6 nitrogen and oxygen atoms in total. The fraction of sp³-hybridized carbons (Fsp3) is 0.100. The van der Waals surface area contributed by atoms with Crippen LogP contribution >= 0.6 is 0 Å².